The van der Waals surface area contributed by atoms with Gasteiger partial charge in [0.25, 0.3) is 0 Å². The van der Waals surface area contributed by atoms with Gasteiger partial charge in [0, 0.05) is 16.6 Å². The van der Waals surface area contributed by atoms with Crippen molar-refractivity contribution in [2.75, 3.05) is 16.8 Å². The average Bonchev–Trinajstić information content (AvgIpc) is 3.21. The molecule has 1 N–H and O–H groups in total. The molecule has 0 fully saturated rings. The molecule has 24 heavy (non-hydrogen) atoms. The number of hydrogen-bond donors (Lipinski definition) is 1. The Bertz CT molecular complexity index is 849. The number of benzene rings is 1. The third-order valence-corrected chi connectivity index (χ3v) is 6.16. The fourth-order valence-corrected chi connectivity index (χ4v) is 5.06. The molecule has 2 heterocycles. The minimum atomic E-state index is -0.0463. The second-order valence-corrected chi connectivity index (χ2v) is 7.64. The summed E-state index contributed by atoms with van der Waals surface area (Å²) in [5.74, 6) is -0.0463. The van der Waals surface area contributed by atoms with Gasteiger partial charge >= 0.3 is 0 Å². The molecule has 0 bridgehead atoms. The Morgan fingerprint density at radius 2 is 2.25 bits per heavy atom. The molecular weight excluding hydrogens is 318 g/mol. The van der Waals surface area contributed by atoms with E-state index >= 15 is 0 Å². The van der Waals surface area contributed by atoms with E-state index < -0.39 is 0 Å². The fraction of sp³-hybridized carbons (Fsp3) is 0.368. The van der Waals surface area contributed by atoms with Crippen LogP contribution in [0.2, 0.25) is 0 Å². The van der Waals surface area contributed by atoms with Crippen molar-refractivity contribution in [3.05, 3.63) is 45.8 Å². The molecule has 2 aliphatic rings. The topological polar surface area (TPSA) is 56.1 Å². The number of nitrogens with one attached hydrogen (secondary N) is 1. The number of carbonyl (C=O) groups is 1. The number of nitriles is 1. The van der Waals surface area contributed by atoms with Crippen LogP contribution in [0.25, 0.3) is 0 Å². The van der Waals surface area contributed by atoms with Gasteiger partial charge in [-0.15, -0.1) is 11.3 Å². The van der Waals surface area contributed by atoms with Crippen molar-refractivity contribution in [1.82, 2.24) is 0 Å². The van der Waals surface area contributed by atoms with Crippen molar-refractivity contribution in [3.63, 3.8) is 0 Å². The van der Waals surface area contributed by atoms with Gasteiger partial charge in [-0.05, 0) is 49.8 Å². The largest absolute Gasteiger partial charge is 0.359 e. The summed E-state index contributed by atoms with van der Waals surface area (Å²) in [4.78, 5) is 16.0. The Labute approximate surface area is 145 Å². The van der Waals surface area contributed by atoms with Gasteiger partial charge in [-0.25, -0.2) is 0 Å². The van der Waals surface area contributed by atoms with E-state index in [9.17, 15) is 10.1 Å². The van der Waals surface area contributed by atoms with Gasteiger partial charge in [0.05, 0.1) is 12.1 Å². The highest BCUT2D eigenvalue weighted by Gasteiger charge is 2.28. The van der Waals surface area contributed by atoms with Crippen LogP contribution in [0, 0.1) is 11.3 Å². The van der Waals surface area contributed by atoms with E-state index in [0.29, 0.717) is 18.2 Å². The summed E-state index contributed by atoms with van der Waals surface area (Å²) in [6, 6.07) is 10.9. The van der Waals surface area contributed by atoms with Crippen molar-refractivity contribution in [1.29, 1.82) is 5.26 Å². The quantitative estimate of drug-likeness (QED) is 0.932. The van der Waals surface area contributed by atoms with E-state index in [-0.39, 0.29) is 5.91 Å². The summed E-state index contributed by atoms with van der Waals surface area (Å²) in [6.45, 7) is 2.47. The van der Waals surface area contributed by atoms with Gasteiger partial charge in [0.15, 0.2) is 0 Å². The van der Waals surface area contributed by atoms with Crippen molar-refractivity contribution < 1.29 is 4.79 Å². The average molecular weight is 337 g/mol. The van der Waals surface area contributed by atoms with E-state index in [2.05, 4.69) is 35.3 Å². The van der Waals surface area contributed by atoms with Gasteiger partial charge in [-0.1, -0.05) is 18.2 Å². The molecule has 5 heteroatoms. The number of rotatable bonds is 3. The summed E-state index contributed by atoms with van der Waals surface area (Å²) in [5, 5.41) is 13.1. The third kappa shape index (κ3) is 2.47. The summed E-state index contributed by atoms with van der Waals surface area (Å²) in [7, 11) is 0. The van der Waals surface area contributed by atoms with Crippen LogP contribution in [0.1, 0.15) is 34.9 Å². The molecule has 1 atom stereocenters. The summed E-state index contributed by atoms with van der Waals surface area (Å²) in [6.07, 6.45) is 4.08. The molecule has 1 aromatic carbocycles. The zero-order valence-corrected chi connectivity index (χ0v) is 14.4. The highest BCUT2D eigenvalue weighted by molar-refractivity contribution is 7.16. The van der Waals surface area contributed by atoms with Crippen LogP contribution in [0.3, 0.4) is 0 Å². The first-order valence-corrected chi connectivity index (χ1v) is 9.18. The number of nitrogens with zero attached hydrogens (tertiary/aromatic N) is 2. The number of carbonyl (C=O) groups excluding carboxylic acids is 1. The SMILES string of the molecule is CC1Cc2ccccc2N1CC(=O)Nc1sc2c(c1C#N)CCC2. The highest BCUT2D eigenvalue weighted by atomic mass is 32.1. The van der Waals surface area contributed by atoms with E-state index in [1.165, 1.54) is 10.4 Å². The Kier molecular flexibility index (Phi) is 3.78. The zero-order chi connectivity index (χ0) is 16.7. The highest BCUT2D eigenvalue weighted by Crippen LogP contribution is 2.38. The van der Waals surface area contributed by atoms with Crippen LogP contribution in [0.15, 0.2) is 24.3 Å². The van der Waals surface area contributed by atoms with Crippen molar-refractivity contribution in [2.45, 2.75) is 38.6 Å². The summed E-state index contributed by atoms with van der Waals surface area (Å²) < 4.78 is 0. The molecule has 1 unspecified atom stereocenters. The standard InChI is InChI=1S/C19H19N3OS/c1-12-9-13-5-2-3-7-16(13)22(12)11-18(23)21-19-15(10-20)14-6-4-8-17(14)24-19/h2-3,5,7,12H,4,6,8-9,11H2,1H3,(H,21,23). The fourth-order valence-electron chi connectivity index (χ4n) is 3.80. The smallest absolute Gasteiger partial charge is 0.244 e. The molecule has 4 rings (SSSR count). The number of thiophene rings is 1. The second kappa shape index (κ2) is 5.95. The van der Waals surface area contributed by atoms with Gasteiger partial charge in [0.2, 0.25) is 5.91 Å². The molecule has 1 aliphatic carbocycles. The van der Waals surface area contributed by atoms with Gasteiger partial charge in [-0.3, -0.25) is 4.79 Å². The number of anilines is 2. The molecule has 0 saturated carbocycles. The monoisotopic (exact) mass is 337 g/mol. The first kappa shape index (κ1) is 15.2. The normalized spacial score (nSPS) is 18.2. The first-order valence-electron chi connectivity index (χ1n) is 8.36. The van der Waals surface area contributed by atoms with Gasteiger partial charge < -0.3 is 10.2 Å². The van der Waals surface area contributed by atoms with Crippen LogP contribution in [-0.4, -0.2) is 18.5 Å². The van der Waals surface area contributed by atoms with E-state index in [4.69, 9.17) is 0 Å². The first-order chi connectivity index (χ1) is 11.7. The summed E-state index contributed by atoms with van der Waals surface area (Å²) >= 11 is 1.57. The lowest BCUT2D eigenvalue weighted by atomic mass is 10.1. The van der Waals surface area contributed by atoms with Crippen LogP contribution < -0.4 is 10.2 Å². The maximum atomic E-state index is 12.6. The number of amides is 1. The molecule has 0 spiro atoms. The van der Waals surface area contributed by atoms with Crippen LogP contribution >= 0.6 is 11.3 Å². The number of fused-ring (bicyclic) bond motifs is 2. The lowest BCUT2D eigenvalue weighted by Crippen LogP contribution is -2.37. The lowest BCUT2D eigenvalue weighted by molar-refractivity contribution is -0.115. The second-order valence-electron chi connectivity index (χ2n) is 6.53. The lowest BCUT2D eigenvalue weighted by Gasteiger charge is -2.24. The minimum Gasteiger partial charge on any atom is -0.359 e. The molecule has 4 nitrogen and oxygen atoms in total. The van der Waals surface area contributed by atoms with Gasteiger partial charge in [-0.2, -0.15) is 5.26 Å². The Balaban J connectivity index is 1.51. The predicted molar refractivity (Wildman–Crippen MR) is 96.6 cm³/mol. The van der Waals surface area contributed by atoms with Crippen LogP contribution in [-0.2, 0) is 24.1 Å². The Morgan fingerprint density at radius 3 is 3.08 bits per heavy atom. The number of para-hydroxylation sites is 1. The molecule has 0 radical (unpaired) electrons. The molecule has 0 saturated heterocycles. The molecule has 1 aliphatic heterocycles. The van der Waals surface area contributed by atoms with E-state index in [0.717, 1.165) is 41.9 Å². The minimum absolute atomic E-state index is 0.0463. The molecular formula is C19H19N3OS. The van der Waals surface area contributed by atoms with Crippen molar-refractivity contribution in [2.24, 2.45) is 0 Å². The van der Waals surface area contributed by atoms with Gasteiger partial charge in [0.1, 0.15) is 11.1 Å². The number of aryl methyl sites for hydroxylation is 1. The van der Waals surface area contributed by atoms with Crippen LogP contribution in [0.4, 0.5) is 10.7 Å². The maximum Gasteiger partial charge on any atom is 0.244 e. The van der Waals surface area contributed by atoms with Crippen LogP contribution in [0.5, 0.6) is 0 Å². The molecule has 2 aromatic rings. The molecule has 1 amide bonds. The third-order valence-electron chi connectivity index (χ3n) is 4.95. The van der Waals surface area contributed by atoms with Crippen molar-refractivity contribution in [3.8, 4) is 6.07 Å². The zero-order valence-electron chi connectivity index (χ0n) is 13.6. The molecule has 122 valence electrons. The van der Waals surface area contributed by atoms with E-state index in [1.54, 1.807) is 11.3 Å². The Hall–Kier alpha value is -2.32. The van der Waals surface area contributed by atoms with E-state index in [1.807, 2.05) is 12.1 Å². The summed E-state index contributed by atoms with van der Waals surface area (Å²) in [5.41, 5.74) is 4.27. The van der Waals surface area contributed by atoms with Crippen molar-refractivity contribution >= 4 is 27.9 Å². The molecule has 1 aromatic heterocycles. The Morgan fingerprint density at radius 1 is 1.42 bits per heavy atom. The number of hydrogen-bond acceptors (Lipinski definition) is 4. The maximum absolute atomic E-state index is 12.6. The predicted octanol–water partition coefficient (Wildman–Crippen LogP) is 3.50.